The van der Waals surface area contributed by atoms with E-state index in [1.165, 1.54) is 11.3 Å². The predicted octanol–water partition coefficient (Wildman–Crippen LogP) is 2.48. The van der Waals surface area contributed by atoms with Crippen molar-refractivity contribution in [3.8, 4) is 22.1 Å². The highest BCUT2D eigenvalue weighted by Gasteiger charge is 2.32. The van der Waals surface area contributed by atoms with Gasteiger partial charge in [0.25, 0.3) is 5.91 Å². The highest BCUT2D eigenvalue weighted by atomic mass is 35.5. The number of rotatable bonds is 3. The average Bonchev–Trinajstić information content (AvgIpc) is 3.47. The fraction of sp³-hybridized carbons (Fsp3) is 0.316. The van der Waals surface area contributed by atoms with E-state index in [2.05, 4.69) is 15.3 Å². The largest absolute Gasteiger partial charge is 0.454 e. The van der Waals surface area contributed by atoms with E-state index in [0.29, 0.717) is 23.7 Å². The summed E-state index contributed by atoms with van der Waals surface area (Å²) in [5.74, 6) is 2.30. The number of carbonyl (C=O) groups is 1. The van der Waals surface area contributed by atoms with Gasteiger partial charge in [0.15, 0.2) is 11.5 Å². The van der Waals surface area contributed by atoms with E-state index in [9.17, 15) is 4.79 Å². The zero-order valence-corrected chi connectivity index (χ0v) is 17.3. The highest BCUT2D eigenvalue weighted by Crippen LogP contribution is 2.37. The van der Waals surface area contributed by atoms with E-state index in [4.69, 9.17) is 9.47 Å². The zero-order valence-electron chi connectivity index (χ0n) is 15.7. The van der Waals surface area contributed by atoms with Crippen LogP contribution in [0.4, 0.5) is 0 Å². The molecule has 0 saturated carbocycles. The lowest BCUT2D eigenvalue weighted by molar-refractivity contribution is 0.0625. The molecule has 3 aromatic rings. The minimum atomic E-state index is -0.0997. The minimum absolute atomic E-state index is 0. The average molecular weight is 434 g/mol. The molecule has 2 aromatic heterocycles. The Labute approximate surface area is 177 Å². The van der Waals surface area contributed by atoms with Crippen LogP contribution in [0.2, 0.25) is 0 Å². The first-order valence-corrected chi connectivity index (χ1v) is 9.87. The number of ether oxygens (including phenoxy) is 2. The Hall–Kier alpha value is -2.62. The van der Waals surface area contributed by atoms with Crippen molar-refractivity contribution in [3.05, 3.63) is 47.5 Å². The smallest absolute Gasteiger partial charge is 0.266 e. The molecule has 2 aliphatic rings. The molecule has 1 aromatic carbocycles. The molecule has 0 radical (unpaired) electrons. The second-order valence-electron chi connectivity index (χ2n) is 6.71. The third-order valence-electron chi connectivity index (χ3n) is 5.00. The minimum Gasteiger partial charge on any atom is -0.454 e. The fourth-order valence-electron chi connectivity index (χ4n) is 3.55. The second kappa shape index (κ2) is 8.02. The summed E-state index contributed by atoms with van der Waals surface area (Å²) in [7, 11) is 1.95. The number of nitrogens with one attached hydrogen (secondary N) is 1. The van der Waals surface area contributed by atoms with Crippen molar-refractivity contribution < 1.29 is 14.3 Å². The first kappa shape index (κ1) is 19.7. The van der Waals surface area contributed by atoms with Crippen molar-refractivity contribution in [2.24, 2.45) is 7.05 Å². The molecule has 0 bridgehead atoms. The summed E-state index contributed by atoms with van der Waals surface area (Å²) in [6.45, 7) is 2.32. The van der Waals surface area contributed by atoms with E-state index < -0.39 is 0 Å². The number of amides is 1. The van der Waals surface area contributed by atoms with Gasteiger partial charge in [-0.2, -0.15) is 0 Å². The third kappa shape index (κ3) is 3.57. The van der Waals surface area contributed by atoms with Crippen molar-refractivity contribution in [2.45, 2.75) is 6.04 Å². The van der Waals surface area contributed by atoms with Crippen LogP contribution in [0.15, 0.2) is 36.8 Å². The first-order valence-electron chi connectivity index (χ1n) is 9.05. The monoisotopic (exact) mass is 433 g/mol. The van der Waals surface area contributed by atoms with Crippen molar-refractivity contribution >= 4 is 29.7 Å². The number of nitrogens with zero attached hydrogens (tertiary/aromatic N) is 4. The Balaban J connectivity index is 0.00000205. The van der Waals surface area contributed by atoms with Crippen LogP contribution in [0.5, 0.6) is 11.5 Å². The number of thiazole rings is 1. The number of imidazole rings is 1. The van der Waals surface area contributed by atoms with E-state index in [-0.39, 0.29) is 31.1 Å². The molecule has 29 heavy (non-hydrogen) atoms. The first-order chi connectivity index (χ1) is 13.7. The Morgan fingerprint density at radius 2 is 2.14 bits per heavy atom. The summed E-state index contributed by atoms with van der Waals surface area (Å²) in [5.41, 5.74) is 0.911. The number of fused-ring (bicyclic) bond motifs is 1. The molecule has 1 amide bonds. The fourth-order valence-corrected chi connectivity index (χ4v) is 4.42. The summed E-state index contributed by atoms with van der Waals surface area (Å²) in [6, 6.07) is 5.60. The topological polar surface area (TPSA) is 81.5 Å². The number of carbonyl (C=O) groups excluding carboxylic acids is 1. The molecule has 4 heterocycles. The van der Waals surface area contributed by atoms with Gasteiger partial charge >= 0.3 is 0 Å². The van der Waals surface area contributed by atoms with E-state index in [1.807, 2.05) is 40.9 Å². The molecular formula is C19H20ClN5O3S. The summed E-state index contributed by atoms with van der Waals surface area (Å²) >= 11 is 1.39. The Morgan fingerprint density at radius 3 is 2.97 bits per heavy atom. The predicted molar refractivity (Wildman–Crippen MR) is 111 cm³/mol. The lowest BCUT2D eigenvalue weighted by Crippen LogP contribution is -2.49. The van der Waals surface area contributed by atoms with Gasteiger partial charge < -0.3 is 24.3 Å². The second-order valence-corrected chi connectivity index (χ2v) is 7.74. The van der Waals surface area contributed by atoms with Gasteiger partial charge in [-0.1, -0.05) is 0 Å². The van der Waals surface area contributed by atoms with Gasteiger partial charge in [-0.15, -0.1) is 23.7 Å². The van der Waals surface area contributed by atoms with Gasteiger partial charge in [0.05, 0.1) is 6.20 Å². The van der Waals surface area contributed by atoms with Crippen molar-refractivity contribution in [1.82, 2.24) is 24.8 Å². The Morgan fingerprint density at radius 1 is 1.28 bits per heavy atom. The molecule has 0 spiro atoms. The SMILES string of the molecule is Cl.Cn1ccnc1C1CNCCN1C(=O)c1cnc(-c2ccc3c(c2)OCO3)s1. The van der Waals surface area contributed by atoms with E-state index in [0.717, 1.165) is 28.7 Å². The van der Waals surface area contributed by atoms with Crippen LogP contribution in [0, 0.1) is 0 Å². The third-order valence-corrected chi connectivity index (χ3v) is 6.03. The molecule has 2 aliphatic heterocycles. The Bertz CT molecular complexity index is 1040. The van der Waals surface area contributed by atoms with Crippen molar-refractivity contribution in [1.29, 1.82) is 0 Å². The van der Waals surface area contributed by atoms with Gasteiger partial charge in [-0.25, -0.2) is 9.97 Å². The van der Waals surface area contributed by atoms with Crippen LogP contribution in [-0.2, 0) is 7.05 Å². The number of halogens is 1. The van der Waals surface area contributed by atoms with Crippen molar-refractivity contribution in [2.75, 3.05) is 26.4 Å². The number of hydrogen-bond acceptors (Lipinski definition) is 7. The maximum Gasteiger partial charge on any atom is 0.266 e. The molecule has 1 saturated heterocycles. The normalized spacial score (nSPS) is 17.8. The molecule has 1 atom stereocenters. The summed E-state index contributed by atoms with van der Waals surface area (Å²) < 4.78 is 12.8. The molecular weight excluding hydrogens is 414 g/mol. The van der Waals surface area contributed by atoms with Gasteiger partial charge in [0, 0.05) is 44.6 Å². The lowest BCUT2D eigenvalue weighted by atomic mass is 10.1. The molecule has 5 rings (SSSR count). The number of hydrogen-bond donors (Lipinski definition) is 1. The highest BCUT2D eigenvalue weighted by molar-refractivity contribution is 7.16. The van der Waals surface area contributed by atoms with Crippen LogP contribution in [-0.4, -0.2) is 51.8 Å². The maximum absolute atomic E-state index is 13.2. The number of aryl methyl sites for hydroxylation is 1. The molecule has 10 heteroatoms. The van der Waals surface area contributed by atoms with Gasteiger partial charge in [0.2, 0.25) is 6.79 Å². The molecule has 1 N–H and O–H groups in total. The summed E-state index contributed by atoms with van der Waals surface area (Å²) in [6.07, 6.45) is 5.32. The number of benzene rings is 1. The molecule has 0 aliphatic carbocycles. The van der Waals surface area contributed by atoms with E-state index in [1.54, 1.807) is 12.4 Å². The van der Waals surface area contributed by atoms with Crippen LogP contribution in [0.3, 0.4) is 0 Å². The van der Waals surface area contributed by atoms with Crippen LogP contribution < -0.4 is 14.8 Å². The molecule has 1 fully saturated rings. The van der Waals surface area contributed by atoms with Gasteiger partial charge in [-0.05, 0) is 18.2 Å². The maximum atomic E-state index is 13.2. The van der Waals surface area contributed by atoms with Gasteiger partial charge in [0.1, 0.15) is 21.8 Å². The van der Waals surface area contributed by atoms with E-state index >= 15 is 0 Å². The quantitative estimate of drug-likeness (QED) is 0.683. The Kier molecular flexibility index (Phi) is 5.44. The van der Waals surface area contributed by atoms with Crippen molar-refractivity contribution in [3.63, 3.8) is 0 Å². The van der Waals surface area contributed by atoms with Gasteiger partial charge in [-0.3, -0.25) is 4.79 Å². The molecule has 8 nitrogen and oxygen atoms in total. The molecule has 1 unspecified atom stereocenters. The van der Waals surface area contributed by atoms with Crippen LogP contribution >= 0.6 is 23.7 Å². The molecule has 152 valence electrons. The number of aromatic nitrogens is 3. The number of piperazine rings is 1. The standard InChI is InChI=1S/C19H19N5O3S.ClH/c1-23-6-5-21-17(23)13-9-20-4-7-24(13)19(25)16-10-22-18(28-16)12-2-3-14-15(8-12)27-11-26-14;/h2-3,5-6,8,10,13,20H,4,7,9,11H2,1H3;1H. The van der Waals surface area contributed by atoms with Crippen LogP contribution in [0.1, 0.15) is 21.5 Å². The summed E-state index contributed by atoms with van der Waals surface area (Å²) in [4.78, 5) is 24.7. The zero-order chi connectivity index (χ0) is 19.1. The van der Waals surface area contributed by atoms with Crippen LogP contribution in [0.25, 0.3) is 10.6 Å². The lowest BCUT2D eigenvalue weighted by Gasteiger charge is -2.35. The summed E-state index contributed by atoms with van der Waals surface area (Å²) in [5, 5.41) is 4.14.